The van der Waals surface area contributed by atoms with Crippen LogP contribution in [0.15, 0.2) is 95.0 Å². The van der Waals surface area contributed by atoms with Crippen LogP contribution in [0.4, 0.5) is 0 Å². The summed E-state index contributed by atoms with van der Waals surface area (Å²) in [5.74, 6) is 1.28. The second-order valence-corrected chi connectivity index (χ2v) is 7.48. The van der Waals surface area contributed by atoms with E-state index in [0.29, 0.717) is 16.7 Å². The summed E-state index contributed by atoms with van der Waals surface area (Å²) >= 11 is 0. The molecule has 5 rings (SSSR count). The van der Waals surface area contributed by atoms with Gasteiger partial charge >= 0.3 is 0 Å². The van der Waals surface area contributed by atoms with Gasteiger partial charge in [-0.2, -0.15) is 14.9 Å². The van der Waals surface area contributed by atoms with Gasteiger partial charge in [-0.05, 0) is 55.5 Å². The first kappa shape index (κ1) is 20.4. The van der Waals surface area contributed by atoms with Crippen LogP contribution in [0.5, 0.6) is 5.75 Å². The summed E-state index contributed by atoms with van der Waals surface area (Å²) in [7, 11) is 1.63. The van der Waals surface area contributed by atoms with Crippen LogP contribution in [0.3, 0.4) is 0 Å². The van der Waals surface area contributed by atoms with E-state index in [1.807, 2.05) is 79.0 Å². The zero-order chi connectivity index (χ0) is 22.8. The number of fused-ring (bicyclic) bond motifs is 1. The number of methoxy groups -OCH3 is 1. The van der Waals surface area contributed by atoms with Crippen LogP contribution in [0.25, 0.3) is 27.8 Å². The summed E-state index contributed by atoms with van der Waals surface area (Å²) in [5, 5.41) is 9.81. The maximum absolute atomic E-state index is 13.0. The molecule has 0 radical (unpaired) electrons. The van der Waals surface area contributed by atoms with Crippen LogP contribution in [0.1, 0.15) is 11.4 Å². The number of aryl methyl sites for hydroxylation is 1. The Morgan fingerprint density at radius 1 is 0.939 bits per heavy atom. The molecular weight excluding hydrogens is 414 g/mol. The molecule has 0 bridgehead atoms. The van der Waals surface area contributed by atoms with E-state index in [2.05, 4.69) is 10.1 Å². The molecule has 7 nitrogen and oxygen atoms in total. The smallest absolute Gasteiger partial charge is 0.282 e. The maximum Gasteiger partial charge on any atom is 0.282 e. The Labute approximate surface area is 190 Å². The number of para-hydroxylation sites is 2. The molecule has 7 heteroatoms. The molecule has 0 aliphatic carbocycles. The molecule has 5 aromatic rings. The van der Waals surface area contributed by atoms with Crippen molar-refractivity contribution in [1.82, 2.24) is 19.4 Å². The van der Waals surface area contributed by atoms with Gasteiger partial charge in [-0.25, -0.2) is 9.67 Å². The number of ether oxygens (including phenoxy) is 1. The average Bonchev–Trinajstić information content (AvgIpc) is 3.29. The number of rotatable bonds is 5. The Bertz CT molecular complexity index is 1520. The van der Waals surface area contributed by atoms with E-state index in [1.54, 1.807) is 31.0 Å². The van der Waals surface area contributed by atoms with Gasteiger partial charge < -0.3 is 4.74 Å². The SMILES string of the molecule is COc1ccc(-c2nn(-c3ccccc3)cc2/C=N/n2c(C)nc3ccccc3c2=O)cc1. The molecule has 0 atom stereocenters. The van der Waals surface area contributed by atoms with Gasteiger partial charge in [-0.15, -0.1) is 0 Å². The third-order valence-electron chi connectivity index (χ3n) is 5.35. The predicted molar refractivity (Wildman–Crippen MR) is 129 cm³/mol. The number of hydrogen-bond acceptors (Lipinski definition) is 5. The van der Waals surface area contributed by atoms with Crippen LogP contribution in [-0.4, -0.2) is 32.8 Å². The molecule has 162 valence electrons. The summed E-state index contributed by atoms with van der Waals surface area (Å²) in [5.41, 5.74) is 3.78. The molecule has 0 saturated carbocycles. The van der Waals surface area contributed by atoms with E-state index < -0.39 is 0 Å². The summed E-state index contributed by atoms with van der Waals surface area (Å²) in [6.07, 6.45) is 3.55. The highest BCUT2D eigenvalue weighted by Crippen LogP contribution is 2.25. The van der Waals surface area contributed by atoms with Crippen LogP contribution in [0, 0.1) is 6.92 Å². The van der Waals surface area contributed by atoms with Gasteiger partial charge in [0.2, 0.25) is 0 Å². The van der Waals surface area contributed by atoms with Gasteiger partial charge in [0.05, 0.1) is 29.9 Å². The molecule has 0 N–H and O–H groups in total. The monoisotopic (exact) mass is 435 g/mol. The second kappa shape index (κ2) is 8.55. The van der Waals surface area contributed by atoms with Crippen molar-refractivity contribution >= 4 is 17.1 Å². The normalized spacial score (nSPS) is 11.3. The Morgan fingerprint density at radius 2 is 1.67 bits per heavy atom. The summed E-state index contributed by atoms with van der Waals surface area (Å²) in [6, 6.07) is 24.8. The Kier molecular flexibility index (Phi) is 5.28. The van der Waals surface area contributed by atoms with Crippen molar-refractivity contribution in [2.24, 2.45) is 5.10 Å². The molecule has 0 fully saturated rings. The lowest BCUT2D eigenvalue weighted by Crippen LogP contribution is -2.20. The predicted octanol–water partition coefficient (Wildman–Crippen LogP) is 4.45. The largest absolute Gasteiger partial charge is 0.497 e. The van der Waals surface area contributed by atoms with Crippen LogP contribution >= 0.6 is 0 Å². The third-order valence-corrected chi connectivity index (χ3v) is 5.35. The lowest BCUT2D eigenvalue weighted by molar-refractivity contribution is 0.415. The fraction of sp³-hybridized carbons (Fsp3) is 0.0769. The van der Waals surface area contributed by atoms with Crippen molar-refractivity contribution < 1.29 is 4.74 Å². The van der Waals surface area contributed by atoms with E-state index in [-0.39, 0.29) is 5.56 Å². The van der Waals surface area contributed by atoms with Crippen molar-refractivity contribution in [3.63, 3.8) is 0 Å². The van der Waals surface area contributed by atoms with Crippen molar-refractivity contribution in [2.75, 3.05) is 7.11 Å². The number of nitrogens with zero attached hydrogens (tertiary/aromatic N) is 5. The first-order chi connectivity index (χ1) is 16.1. The molecule has 0 aliphatic heterocycles. The zero-order valence-electron chi connectivity index (χ0n) is 18.2. The van der Waals surface area contributed by atoms with Gasteiger partial charge in [-0.1, -0.05) is 30.3 Å². The first-order valence-corrected chi connectivity index (χ1v) is 10.5. The Balaban J connectivity index is 1.62. The topological polar surface area (TPSA) is 74.3 Å². The summed E-state index contributed by atoms with van der Waals surface area (Å²) < 4.78 is 8.40. The van der Waals surface area contributed by atoms with Crippen molar-refractivity contribution in [3.8, 4) is 22.7 Å². The minimum absolute atomic E-state index is 0.212. The fourth-order valence-electron chi connectivity index (χ4n) is 3.66. The van der Waals surface area contributed by atoms with E-state index in [9.17, 15) is 4.79 Å². The molecule has 3 aromatic carbocycles. The van der Waals surface area contributed by atoms with E-state index in [0.717, 1.165) is 28.3 Å². The Hall–Kier alpha value is -4.52. The van der Waals surface area contributed by atoms with Crippen molar-refractivity contribution in [3.05, 3.63) is 107 Å². The second-order valence-electron chi connectivity index (χ2n) is 7.48. The van der Waals surface area contributed by atoms with Crippen LogP contribution in [0.2, 0.25) is 0 Å². The summed E-state index contributed by atoms with van der Waals surface area (Å²) in [6.45, 7) is 1.77. The molecule has 2 aromatic heterocycles. The quantitative estimate of drug-likeness (QED) is 0.382. The minimum atomic E-state index is -0.212. The Morgan fingerprint density at radius 3 is 2.42 bits per heavy atom. The molecule has 0 amide bonds. The molecule has 0 saturated heterocycles. The molecule has 2 heterocycles. The lowest BCUT2D eigenvalue weighted by Gasteiger charge is -2.05. The lowest BCUT2D eigenvalue weighted by atomic mass is 10.1. The number of benzene rings is 3. The molecule has 0 spiro atoms. The van der Waals surface area contributed by atoms with E-state index >= 15 is 0 Å². The van der Waals surface area contributed by atoms with E-state index in [4.69, 9.17) is 9.84 Å². The van der Waals surface area contributed by atoms with Gasteiger partial charge in [0, 0.05) is 17.3 Å². The van der Waals surface area contributed by atoms with Gasteiger partial charge in [0.15, 0.2) is 0 Å². The first-order valence-electron chi connectivity index (χ1n) is 10.5. The molecular formula is C26H21N5O2. The minimum Gasteiger partial charge on any atom is -0.497 e. The highest BCUT2D eigenvalue weighted by molar-refractivity contribution is 5.89. The average molecular weight is 435 g/mol. The summed E-state index contributed by atoms with van der Waals surface area (Å²) in [4.78, 5) is 17.5. The van der Waals surface area contributed by atoms with Crippen LogP contribution in [-0.2, 0) is 0 Å². The standard InChI is InChI=1S/C26H21N5O2/c1-18-28-24-11-7-6-10-23(24)26(32)31(18)27-16-20-17-30(21-8-4-3-5-9-21)29-25(20)19-12-14-22(33-2)15-13-19/h3-17H,1-2H3/b27-16+. The molecule has 33 heavy (non-hydrogen) atoms. The van der Waals surface area contributed by atoms with Crippen molar-refractivity contribution in [2.45, 2.75) is 6.92 Å². The van der Waals surface area contributed by atoms with Gasteiger partial charge in [0.1, 0.15) is 17.3 Å². The zero-order valence-corrected chi connectivity index (χ0v) is 18.2. The van der Waals surface area contributed by atoms with Gasteiger partial charge in [0.25, 0.3) is 5.56 Å². The number of aromatic nitrogens is 4. The van der Waals surface area contributed by atoms with E-state index in [1.165, 1.54) is 4.68 Å². The highest BCUT2D eigenvalue weighted by Gasteiger charge is 2.12. The number of hydrogen-bond donors (Lipinski definition) is 0. The highest BCUT2D eigenvalue weighted by atomic mass is 16.5. The van der Waals surface area contributed by atoms with Gasteiger partial charge in [-0.3, -0.25) is 4.79 Å². The molecule has 0 unspecified atom stereocenters. The fourth-order valence-corrected chi connectivity index (χ4v) is 3.66. The third kappa shape index (κ3) is 3.92. The maximum atomic E-state index is 13.0. The van der Waals surface area contributed by atoms with Crippen molar-refractivity contribution in [1.29, 1.82) is 0 Å². The molecule has 0 aliphatic rings. The van der Waals surface area contributed by atoms with Crippen LogP contribution < -0.4 is 10.3 Å².